The zero-order valence-electron chi connectivity index (χ0n) is 12.4. The molecule has 19 heavy (non-hydrogen) atoms. The fourth-order valence-electron chi connectivity index (χ4n) is 4.75. The summed E-state index contributed by atoms with van der Waals surface area (Å²) in [6, 6.07) is 1.43. The molecule has 0 radical (unpaired) electrons. The van der Waals surface area contributed by atoms with Gasteiger partial charge in [0.2, 0.25) is 0 Å². The van der Waals surface area contributed by atoms with Crippen molar-refractivity contribution in [2.75, 3.05) is 13.1 Å². The molecule has 108 valence electrons. The summed E-state index contributed by atoms with van der Waals surface area (Å²) < 4.78 is 6.11. The Kier molecular flexibility index (Phi) is 2.95. The van der Waals surface area contributed by atoms with E-state index < -0.39 is 0 Å². The Hall–Kier alpha value is -0.120. The number of fused-ring (bicyclic) bond motifs is 2. The lowest BCUT2D eigenvalue weighted by Crippen LogP contribution is -2.66. The third kappa shape index (κ3) is 2.05. The quantitative estimate of drug-likeness (QED) is 0.845. The SMILES string of the molecule is CCC1CNC(C)(C2CC2)CN1C1CC2CCC1O2. The highest BCUT2D eigenvalue weighted by Gasteiger charge is 2.51. The monoisotopic (exact) mass is 264 g/mol. The summed E-state index contributed by atoms with van der Waals surface area (Å²) in [6.07, 6.45) is 9.15. The second-order valence-corrected chi connectivity index (χ2v) is 7.48. The maximum absolute atomic E-state index is 6.11. The van der Waals surface area contributed by atoms with Crippen molar-refractivity contribution < 1.29 is 4.74 Å². The van der Waals surface area contributed by atoms with E-state index in [4.69, 9.17) is 4.74 Å². The van der Waals surface area contributed by atoms with Gasteiger partial charge in [-0.25, -0.2) is 0 Å². The Balaban J connectivity index is 1.53. The Morgan fingerprint density at radius 2 is 2.11 bits per heavy atom. The number of hydrogen-bond acceptors (Lipinski definition) is 3. The zero-order valence-corrected chi connectivity index (χ0v) is 12.4. The second kappa shape index (κ2) is 4.44. The molecule has 5 atom stereocenters. The van der Waals surface area contributed by atoms with Crippen LogP contribution >= 0.6 is 0 Å². The van der Waals surface area contributed by atoms with Gasteiger partial charge in [0.15, 0.2) is 0 Å². The Labute approximate surface area is 117 Å². The molecular formula is C16H28N2O. The van der Waals surface area contributed by atoms with Gasteiger partial charge in [0, 0.05) is 30.7 Å². The second-order valence-electron chi connectivity index (χ2n) is 7.48. The number of rotatable bonds is 3. The molecule has 0 spiro atoms. The summed E-state index contributed by atoms with van der Waals surface area (Å²) in [6.45, 7) is 7.22. The Morgan fingerprint density at radius 3 is 2.68 bits per heavy atom. The molecule has 1 N–H and O–H groups in total. The van der Waals surface area contributed by atoms with E-state index in [0.29, 0.717) is 23.8 Å². The Morgan fingerprint density at radius 1 is 1.26 bits per heavy atom. The molecule has 4 aliphatic rings. The van der Waals surface area contributed by atoms with Crippen LogP contribution in [0.3, 0.4) is 0 Å². The first-order valence-corrected chi connectivity index (χ1v) is 8.36. The van der Waals surface area contributed by atoms with Crippen LogP contribution in [0.5, 0.6) is 0 Å². The molecule has 3 nitrogen and oxygen atoms in total. The van der Waals surface area contributed by atoms with Gasteiger partial charge in [0.25, 0.3) is 0 Å². The van der Waals surface area contributed by atoms with Crippen LogP contribution in [0.4, 0.5) is 0 Å². The van der Waals surface area contributed by atoms with Crippen molar-refractivity contribution in [2.24, 2.45) is 5.92 Å². The van der Waals surface area contributed by atoms with E-state index >= 15 is 0 Å². The number of piperazine rings is 1. The molecule has 2 bridgehead atoms. The van der Waals surface area contributed by atoms with Crippen LogP contribution in [0.2, 0.25) is 0 Å². The van der Waals surface area contributed by atoms with Crippen LogP contribution < -0.4 is 5.32 Å². The molecule has 1 saturated carbocycles. The molecule has 3 aliphatic heterocycles. The van der Waals surface area contributed by atoms with Crippen molar-refractivity contribution in [3.63, 3.8) is 0 Å². The van der Waals surface area contributed by atoms with Gasteiger partial charge in [-0.15, -0.1) is 0 Å². The summed E-state index contributed by atoms with van der Waals surface area (Å²) in [4.78, 5) is 2.83. The first-order chi connectivity index (χ1) is 9.19. The first-order valence-electron chi connectivity index (χ1n) is 8.36. The van der Waals surface area contributed by atoms with Gasteiger partial charge < -0.3 is 10.1 Å². The van der Waals surface area contributed by atoms with E-state index in [1.165, 1.54) is 51.6 Å². The number of ether oxygens (including phenoxy) is 1. The van der Waals surface area contributed by atoms with E-state index in [9.17, 15) is 0 Å². The van der Waals surface area contributed by atoms with Crippen molar-refractivity contribution in [3.05, 3.63) is 0 Å². The van der Waals surface area contributed by atoms with Crippen molar-refractivity contribution >= 4 is 0 Å². The summed E-state index contributed by atoms with van der Waals surface area (Å²) in [5, 5.41) is 3.87. The molecule has 4 fully saturated rings. The maximum atomic E-state index is 6.11. The average Bonchev–Trinajstić information content (AvgIpc) is 3.09. The highest BCUT2D eigenvalue weighted by Crippen LogP contribution is 2.44. The van der Waals surface area contributed by atoms with Crippen LogP contribution in [-0.2, 0) is 4.74 Å². The lowest BCUT2D eigenvalue weighted by atomic mass is 9.86. The van der Waals surface area contributed by atoms with E-state index in [1.54, 1.807) is 0 Å². The lowest BCUT2D eigenvalue weighted by Gasteiger charge is -2.50. The predicted octanol–water partition coefficient (Wildman–Crippen LogP) is 2.16. The lowest BCUT2D eigenvalue weighted by molar-refractivity contribution is 0.00505. The normalized spacial score (nSPS) is 50.8. The van der Waals surface area contributed by atoms with E-state index in [0.717, 1.165) is 12.0 Å². The van der Waals surface area contributed by atoms with E-state index in [1.807, 2.05) is 0 Å². The minimum absolute atomic E-state index is 0.369. The maximum Gasteiger partial charge on any atom is 0.0736 e. The van der Waals surface area contributed by atoms with Gasteiger partial charge in [0.05, 0.1) is 12.2 Å². The van der Waals surface area contributed by atoms with Gasteiger partial charge in [-0.1, -0.05) is 6.92 Å². The largest absolute Gasteiger partial charge is 0.373 e. The first kappa shape index (κ1) is 12.6. The fraction of sp³-hybridized carbons (Fsp3) is 1.00. The van der Waals surface area contributed by atoms with Crippen molar-refractivity contribution in [1.82, 2.24) is 10.2 Å². The van der Waals surface area contributed by atoms with Gasteiger partial charge in [-0.2, -0.15) is 0 Å². The van der Waals surface area contributed by atoms with Crippen molar-refractivity contribution in [1.29, 1.82) is 0 Å². The highest BCUT2D eigenvalue weighted by atomic mass is 16.5. The minimum Gasteiger partial charge on any atom is -0.373 e. The minimum atomic E-state index is 0.369. The van der Waals surface area contributed by atoms with Gasteiger partial charge in [0.1, 0.15) is 0 Å². The van der Waals surface area contributed by atoms with E-state index in [2.05, 4.69) is 24.1 Å². The van der Waals surface area contributed by atoms with Crippen LogP contribution in [0.1, 0.15) is 52.4 Å². The summed E-state index contributed by atoms with van der Waals surface area (Å²) in [5.41, 5.74) is 0.369. The van der Waals surface area contributed by atoms with Crippen LogP contribution in [0.25, 0.3) is 0 Å². The smallest absolute Gasteiger partial charge is 0.0736 e. The molecule has 3 saturated heterocycles. The Bertz CT molecular complexity index is 357. The molecule has 3 heterocycles. The zero-order chi connectivity index (χ0) is 13.0. The standard InChI is InChI=1S/C16H28N2O/c1-3-12-9-17-16(2,11-4-5-11)10-18(12)14-8-13-6-7-15(14)19-13/h11-15,17H,3-10H2,1-2H3. The molecule has 0 aromatic heterocycles. The van der Waals surface area contributed by atoms with Gasteiger partial charge in [-0.05, 0) is 51.4 Å². The molecule has 3 heteroatoms. The molecule has 4 rings (SSSR count). The predicted molar refractivity (Wildman–Crippen MR) is 76.2 cm³/mol. The van der Waals surface area contributed by atoms with E-state index in [-0.39, 0.29) is 0 Å². The van der Waals surface area contributed by atoms with Crippen molar-refractivity contribution in [3.8, 4) is 0 Å². The number of nitrogens with zero attached hydrogens (tertiary/aromatic N) is 1. The van der Waals surface area contributed by atoms with Crippen LogP contribution in [0.15, 0.2) is 0 Å². The average molecular weight is 264 g/mol. The molecule has 0 amide bonds. The van der Waals surface area contributed by atoms with Gasteiger partial charge >= 0.3 is 0 Å². The number of hydrogen-bond donors (Lipinski definition) is 1. The summed E-state index contributed by atoms with van der Waals surface area (Å²) in [7, 11) is 0. The molecule has 5 unspecified atom stereocenters. The summed E-state index contributed by atoms with van der Waals surface area (Å²) >= 11 is 0. The van der Waals surface area contributed by atoms with Crippen molar-refractivity contribution in [2.45, 2.75) is 82.2 Å². The summed E-state index contributed by atoms with van der Waals surface area (Å²) in [5.74, 6) is 0.923. The third-order valence-electron chi connectivity index (χ3n) is 6.17. The van der Waals surface area contributed by atoms with Crippen LogP contribution in [-0.4, -0.2) is 47.8 Å². The molecule has 1 aliphatic carbocycles. The molecular weight excluding hydrogens is 236 g/mol. The van der Waals surface area contributed by atoms with Crippen LogP contribution in [0, 0.1) is 5.92 Å². The third-order valence-corrected chi connectivity index (χ3v) is 6.17. The van der Waals surface area contributed by atoms with Gasteiger partial charge in [-0.3, -0.25) is 4.90 Å². The fourth-order valence-corrected chi connectivity index (χ4v) is 4.75. The number of nitrogens with one attached hydrogen (secondary N) is 1. The highest BCUT2D eigenvalue weighted by molar-refractivity contribution is 5.07. The topological polar surface area (TPSA) is 24.5 Å². The molecule has 0 aromatic carbocycles. The molecule has 0 aromatic rings.